The van der Waals surface area contributed by atoms with Gasteiger partial charge in [0.25, 0.3) is 0 Å². The van der Waals surface area contributed by atoms with Crippen molar-refractivity contribution >= 4 is 5.97 Å². The quantitative estimate of drug-likeness (QED) is 0.248. The van der Waals surface area contributed by atoms with Gasteiger partial charge >= 0.3 is 5.97 Å². The second-order valence-corrected chi connectivity index (χ2v) is 8.33. The number of ether oxygens (including phenoxy) is 4. The summed E-state index contributed by atoms with van der Waals surface area (Å²) in [7, 11) is 0. The summed E-state index contributed by atoms with van der Waals surface area (Å²) in [5.41, 5.74) is 7.83. The van der Waals surface area contributed by atoms with Gasteiger partial charge in [0.15, 0.2) is 6.61 Å². The molecule has 8 heteroatoms. The molecule has 2 N–H and O–H groups in total. The molecule has 4 aromatic rings. The maximum Gasteiger partial charge on any atom is 0.349 e. The van der Waals surface area contributed by atoms with E-state index in [1.165, 1.54) is 30.3 Å². The van der Waals surface area contributed by atoms with Gasteiger partial charge in [-0.1, -0.05) is 36.4 Å². The molecule has 4 aromatic carbocycles. The van der Waals surface area contributed by atoms with Gasteiger partial charge in [0, 0.05) is 11.6 Å². The van der Waals surface area contributed by atoms with Gasteiger partial charge in [-0.25, -0.2) is 9.18 Å². The molecule has 1 aliphatic heterocycles. The minimum absolute atomic E-state index is 0.0394. The lowest BCUT2D eigenvalue weighted by atomic mass is 9.83. The van der Waals surface area contributed by atoms with Crippen LogP contribution in [0.2, 0.25) is 0 Å². The first-order valence-corrected chi connectivity index (χ1v) is 11.6. The number of carbonyl (C=O) groups excluding carboxylic acids is 1. The van der Waals surface area contributed by atoms with Gasteiger partial charge in [0.05, 0.1) is 5.92 Å². The first-order chi connectivity index (χ1) is 18.5. The van der Waals surface area contributed by atoms with E-state index in [0.29, 0.717) is 28.6 Å². The largest absolute Gasteiger partial charge is 0.482 e. The number of allylic oxidation sites excluding steroid dienone is 1. The predicted molar refractivity (Wildman–Crippen MR) is 136 cm³/mol. The highest BCUT2D eigenvalue weighted by Gasteiger charge is 2.31. The van der Waals surface area contributed by atoms with E-state index in [4.69, 9.17) is 24.7 Å². The molecule has 1 unspecified atom stereocenters. The summed E-state index contributed by atoms with van der Waals surface area (Å²) in [5, 5.41) is 9.86. The van der Waals surface area contributed by atoms with E-state index in [-0.39, 0.29) is 23.8 Å². The van der Waals surface area contributed by atoms with Crippen molar-refractivity contribution in [2.75, 3.05) is 6.61 Å². The Morgan fingerprint density at radius 3 is 2.39 bits per heavy atom. The van der Waals surface area contributed by atoms with Gasteiger partial charge in [-0.2, -0.15) is 5.26 Å². The Kier molecular flexibility index (Phi) is 6.91. The van der Waals surface area contributed by atoms with E-state index in [0.717, 1.165) is 5.56 Å². The standard InChI is InChI=1S/C30H21FN2O5/c31-20-9-11-21(12-10-20)35-18-28(34)37-24-13-14-25-27(16-24)38-30(33)26(17-32)29(25)19-5-4-8-23(15-19)36-22-6-2-1-3-7-22/h1-16,29H,18,33H2. The van der Waals surface area contributed by atoms with Crippen LogP contribution >= 0.6 is 0 Å². The van der Waals surface area contributed by atoms with E-state index >= 15 is 0 Å². The molecule has 188 valence electrons. The number of hydrogen-bond acceptors (Lipinski definition) is 7. The van der Waals surface area contributed by atoms with Gasteiger partial charge in [-0.15, -0.1) is 0 Å². The third-order valence-electron chi connectivity index (χ3n) is 5.76. The van der Waals surface area contributed by atoms with Crippen LogP contribution in [-0.4, -0.2) is 12.6 Å². The van der Waals surface area contributed by atoms with E-state index in [9.17, 15) is 14.4 Å². The highest BCUT2D eigenvalue weighted by molar-refractivity contribution is 5.74. The van der Waals surface area contributed by atoms with Crippen LogP contribution in [0.15, 0.2) is 109 Å². The molecule has 1 heterocycles. The number of hydrogen-bond donors (Lipinski definition) is 1. The van der Waals surface area contributed by atoms with Crippen molar-refractivity contribution < 1.29 is 28.1 Å². The Hall–Kier alpha value is -5.29. The fourth-order valence-corrected chi connectivity index (χ4v) is 4.06. The highest BCUT2D eigenvalue weighted by atomic mass is 19.1. The summed E-state index contributed by atoms with van der Waals surface area (Å²) in [6, 6.07) is 29.1. The second kappa shape index (κ2) is 10.8. The van der Waals surface area contributed by atoms with Crippen LogP contribution in [0.1, 0.15) is 17.0 Å². The van der Waals surface area contributed by atoms with Gasteiger partial charge < -0.3 is 24.7 Å². The molecule has 38 heavy (non-hydrogen) atoms. The number of carbonyl (C=O) groups is 1. The zero-order valence-electron chi connectivity index (χ0n) is 20.0. The lowest BCUT2D eigenvalue weighted by Gasteiger charge is -2.27. The fraction of sp³-hybridized carbons (Fsp3) is 0.0667. The molecule has 1 atom stereocenters. The van der Waals surface area contributed by atoms with Crippen LogP contribution in [0.25, 0.3) is 0 Å². The van der Waals surface area contributed by atoms with Crippen LogP contribution in [0.3, 0.4) is 0 Å². The minimum atomic E-state index is -0.659. The molecule has 0 amide bonds. The number of benzene rings is 4. The third kappa shape index (κ3) is 5.42. The number of nitrogens with two attached hydrogens (primary N) is 1. The molecule has 0 aliphatic carbocycles. The SMILES string of the molecule is N#CC1=C(N)Oc2cc(OC(=O)COc3ccc(F)cc3)ccc2C1c1cccc(Oc2ccccc2)c1. The molecular weight excluding hydrogens is 487 g/mol. The van der Waals surface area contributed by atoms with Gasteiger partial charge in [-0.05, 0) is 60.2 Å². The molecule has 5 rings (SSSR count). The van der Waals surface area contributed by atoms with Crippen LogP contribution < -0.4 is 24.7 Å². The average Bonchev–Trinajstić information content (AvgIpc) is 2.92. The van der Waals surface area contributed by atoms with E-state index in [1.54, 1.807) is 12.1 Å². The highest BCUT2D eigenvalue weighted by Crippen LogP contribution is 2.44. The van der Waals surface area contributed by atoms with Gasteiger partial charge in [0.2, 0.25) is 5.88 Å². The predicted octanol–water partition coefficient (Wildman–Crippen LogP) is 5.82. The average molecular weight is 509 g/mol. The van der Waals surface area contributed by atoms with Crippen LogP contribution in [0, 0.1) is 17.1 Å². The number of nitrogens with zero attached hydrogens (tertiary/aromatic N) is 1. The molecule has 0 spiro atoms. The monoisotopic (exact) mass is 508 g/mol. The first kappa shape index (κ1) is 24.4. The molecule has 0 fully saturated rings. The van der Waals surface area contributed by atoms with Crippen molar-refractivity contribution in [3.05, 3.63) is 125 Å². The topological polar surface area (TPSA) is 104 Å². The Labute approximate surface area is 218 Å². The van der Waals surface area contributed by atoms with Crippen LogP contribution in [0.4, 0.5) is 4.39 Å². The molecule has 0 aromatic heterocycles. The molecule has 7 nitrogen and oxygen atoms in total. The fourth-order valence-electron chi connectivity index (χ4n) is 4.06. The number of halogens is 1. The van der Waals surface area contributed by atoms with Crippen LogP contribution in [-0.2, 0) is 4.79 Å². The Balaban J connectivity index is 1.37. The smallest absolute Gasteiger partial charge is 0.349 e. The maximum atomic E-state index is 13.0. The summed E-state index contributed by atoms with van der Waals surface area (Å²) >= 11 is 0. The Morgan fingerprint density at radius 1 is 0.895 bits per heavy atom. The summed E-state index contributed by atoms with van der Waals surface area (Å²) in [5.74, 6) is 0.559. The number of rotatable bonds is 7. The van der Waals surface area contributed by atoms with Gasteiger partial charge in [-0.3, -0.25) is 0 Å². The lowest BCUT2D eigenvalue weighted by molar-refractivity contribution is -0.136. The summed E-state index contributed by atoms with van der Waals surface area (Å²) in [4.78, 5) is 12.3. The Bertz CT molecular complexity index is 1550. The van der Waals surface area contributed by atoms with Crippen LogP contribution in [0.5, 0.6) is 28.7 Å². The summed E-state index contributed by atoms with van der Waals surface area (Å²) < 4.78 is 35.4. The Morgan fingerprint density at radius 2 is 1.63 bits per heavy atom. The molecule has 1 aliphatic rings. The third-order valence-corrected chi connectivity index (χ3v) is 5.76. The summed E-state index contributed by atoms with van der Waals surface area (Å²) in [6.45, 7) is -0.374. The maximum absolute atomic E-state index is 13.0. The van der Waals surface area contributed by atoms with Crippen molar-refractivity contribution in [3.8, 4) is 34.8 Å². The minimum Gasteiger partial charge on any atom is -0.482 e. The number of esters is 1. The normalized spacial score (nSPS) is 14.1. The molecule has 0 bridgehead atoms. The zero-order valence-corrected chi connectivity index (χ0v) is 20.0. The molecule has 0 saturated carbocycles. The second-order valence-electron chi connectivity index (χ2n) is 8.33. The number of fused-ring (bicyclic) bond motifs is 1. The molecule has 0 saturated heterocycles. The van der Waals surface area contributed by atoms with Crippen molar-refractivity contribution in [1.29, 1.82) is 5.26 Å². The number of nitriles is 1. The summed E-state index contributed by atoms with van der Waals surface area (Å²) in [6.07, 6.45) is 0. The molecular formula is C30H21FN2O5. The molecule has 0 radical (unpaired) electrons. The van der Waals surface area contributed by atoms with E-state index in [2.05, 4.69) is 6.07 Å². The lowest BCUT2D eigenvalue weighted by Crippen LogP contribution is -2.21. The van der Waals surface area contributed by atoms with Crippen molar-refractivity contribution in [2.45, 2.75) is 5.92 Å². The van der Waals surface area contributed by atoms with E-state index in [1.807, 2.05) is 54.6 Å². The zero-order chi connectivity index (χ0) is 26.5. The first-order valence-electron chi connectivity index (χ1n) is 11.6. The van der Waals surface area contributed by atoms with Crippen molar-refractivity contribution in [1.82, 2.24) is 0 Å². The number of para-hydroxylation sites is 1. The van der Waals surface area contributed by atoms with Crippen molar-refractivity contribution in [2.24, 2.45) is 5.73 Å². The van der Waals surface area contributed by atoms with E-state index < -0.39 is 17.7 Å². The van der Waals surface area contributed by atoms with Gasteiger partial charge in [0.1, 0.15) is 46.2 Å². The van der Waals surface area contributed by atoms with Crippen molar-refractivity contribution in [3.63, 3.8) is 0 Å².